The Morgan fingerprint density at radius 1 is 1.00 bits per heavy atom. The molecule has 6 heteroatoms. The first-order valence-corrected chi connectivity index (χ1v) is 9.65. The molecule has 142 valence electrons. The maximum absolute atomic E-state index is 13.3. The van der Waals surface area contributed by atoms with Gasteiger partial charge in [0.15, 0.2) is 0 Å². The van der Waals surface area contributed by atoms with E-state index in [-0.39, 0.29) is 17.9 Å². The van der Waals surface area contributed by atoms with Crippen molar-refractivity contribution in [3.63, 3.8) is 0 Å². The molecule has 1 atom stereocenters. The number of benzene rings is 1. The zero-order valence-electron chi connectivity index (χ0n) is 15.4. The van der Waals surface area contributed by atoms with Gasteiger partial charge in [-0.2, -0.15) is 0 Å². The first-order valence-electron chi connectivity index (χ1n) is 9.65. The molecule has 4 rings (SSSR count). The first kappa shape index (κ1) is 17.9. The SMILES string of the molecule is O=C(N[C@@H](c1ccncc1)c1ccc(F)cc1)N1CC(N2CCCCC2)C1. The van der Waals surface area contributed by atoms with Crippen molar-refractivity contribution < 1.29 is 9.18 Å². The molecule has 0 spiro atoms. The number of urea groups is 1. The van der Waals surface area contributed by atoms with Gasteiger partial charge in [0.05, 0.1) is 6.04 Å². The van der Waals surface area contributed by atoms with E-state index >= 15 is 0 Å². The normalized spacial score (nSPS) is 19.4. The van der Waals surface area contributed by atoms with E-state index in [9.17, 15) is 9.18 Å². The Morgan fingerprint density at radius 3 is 2.30 bits per heavy atom. The molecule has 2 fully saturated rings. The van der Waals surface area contributed by atoms with Gasteiger partial charge in [0.25, 0.3) is 0 Å². The summed E-state index contributed by atoms with van der Waals surface area (Å²) in [6.07, 6.45) is 7.25. The highest BCUT2D eigenvalue weighted by molar-refractivity contribution is 5.76. The van der Waals surface area contributed by atoms with E-state index in [1.807, 2.05) is 17.0 Å². The highest BCUT2D eigenvalue weighted by Gasteiger charge is 2.36. The van der Waals surface area contributed by atoms with E-state index in [4.69, 9.17) is 0 Å². The smallest absolute Gasteiger partial charge is 0.318 e. The lowest BCUT2D eigenvalue weighted by atomic mass is 9.99. The molecule has 3 heterocycles. The van der Waals surface area contributed by atoms with Gasteiger partial charge in [-0.1, -0.05) is 18.6 Å². The summed E-state index contributed by atoms with van der Waals surface area (Å²) in [6.45, 7) is 3.85. The molecule has 27 heavy (non-hydrogen) atoms. The van der Waals surface area contributed by atoms with Crippen LogP contribution in [0.15, 0.2) is 48.8 Å². The third-order valence-corrected chi connectivity index (χ3v) is 5.57. The number of carbonyl (C=O) groups is 1. The number of amides is 2. The highest BCUT2D eigenvalue weighted by atomic mass is 19.1. The number of nitrogens with one attached hydrogen (secondary N) is 1. The zero-order valence-corrected chi connectivity index (χ0v) is 15.4. The monoisotopic (exact) mass is 368 g/mol. The Hall–Kier alpha value is -2.47. The summed E-state index contributed by atoms with van der Waals surface area (Å²) >= 11 is 0. The fourth-order valence-corrected chi connectivity index (χ4v) is 3.92. The van der Waals surface area contributed by atoms with Crippen molar-refractivity contribution in [1.82, 2.24) is 20.1 Å². The van der Waals surface area contributed by atoms with Gasteiger partial charge < -0.3 is 10.2 Å². The van der Waals surface area contributed by atoms with Crippen molar-refractivity contribution in [3.8, 4) is 0 Å². The lowest BCUT2D eigenvalue weighted by Gasteiger charge is -2.46. The summed E-state index contributed by atoms with van der Waals surface area (Å²) in [4.78, 5) is 21.2. The molecule has 0 radical (unpaired) electrons. The summed E-state index contributed by atoms with van der Waals surface area (Å²) in [6, 6.07) is 10.1. The van der Waals surface area contributed by atoms with Crippen LogP contribution < -0.4 is 5.32 Å². The number of carbonyl (C=O) groups excluding carboxylic acids is 1. The number of hydrogen-bond donors (Lipinski definition) is 1. The molecule has 1 N–H and O–H groups in total. The Labute approximate surface area is 159 Å². The minimum atomic E-state index is -0.324. The van der Waals surface area contributed by atoms with E-state index in [1.165, 1.54) is 31.4 Å². The van der Waals surface area contributed by atoms with Crippen LogP contribution in [0.4, 0.5) is 9.18 Å². The van der Waals surface area contributed by atoms with Crippen LogP contribution in [0.2, 0.25) is 0 Å². The summed E-state index contributed by atoms with van der Waals surface area (Å²) in [5, 5.41) is 3.11. The van der Waals surface area contributed by atoms with E-state index in [2.05, 4.69) is 15.2 Å². The predicted molar refractivity (Wildman–Crippen MR) is 102 cm³/mol. The number of pyridine rings is 1. The standard InChI is InChI=1S/C21H25FN4O/c22-18-6-4-16(5-7-18)20(17-8-10-23-11-9-17)24-21(27)26-14-19(15-26)25-12-2-1-3-13-25/h4-11,19-20H,1-3,12-15H2,(H,24,27)/t20-/m1/s1. The molecule has 0 saturated carbocycles. The molecular weight excluding hydrogens is 343 g/mol. The minimum absolute atomic E-state index is 0.0746. The highest BCUT2D eigenvalue weighted by Crippen LogP contribution is 2.24. The zero-order chi connectivity index (χ0) is 18.6. The van der Waals surface area contributed by atoms with Crippen LogP contribution in [0.1, 0.15) is 36.4 Å². The van der Waals surface area contributed by atoms with Crippen molar-refractivity contribution >= 4 is 6.03 Å². The van der Waals surface area contributed by atoms with E-state index < -0.39 is 0 Å². The van der Waals surface area contributed by atoms with E-state index in [0.717, 1.165) is 37.3 Å². The molecule has 5 nitrogen and oxygen atoms in total. The van der Waals surface area contributed by atoms with Gasteiger partial charge in [0, 0.05) is 31.5 Å². The number of likely N-dealkylation sites (tertiary alicyclic amines) is 2. The van der Waals surface area contributed by atoms with Crippen molar-refractivity contribution in [2.45, 2.75) is 31.3 Å². The van der Waals surface area contributed by atoms with Crippen LogP contribution in [0.25, 0.3) is 0 Å². The second-order valence-corrected chi connectivity index (χ2v) is 7.37. The largest absolute Gasteiger partial charge is 0.327 e. The molecule has 0 aliphatic carbocycles. The van der Waals surface area contributed by atoms with Gasteiger partial charge in [-0.15, -0.1) is 0 Å². The van der Waals surface area contributed by atoms with Gasteiger partial charge in [-0.3, -0.25) is 9.88 Å². The fraction of sp³-hybridized carbons (Fsp3) is 0.429. The summed E-state index contributed by atoms with van der Waals surface area (Å²) in [5.74, 6) is -0.286. The number of rotatable bonds is 4. The summed E-state index contributed by atoms with van der Waals surface area (Å²) < 4.78 is 13.3. The van der Waals surface area contributed by atoms with Crippen molar-refractivity contribution in [1.29, 1.82) is 0 Å². The summed E-state index contributed by atoms with van der Waals surface area (Å²) in [5.41, 5.74) is 1.78. The van der Waals surface area contributed by atoms with Crippen LogP contribution in [0, 0.1) is 5.82 Å². The average Bonchev–Trinajstić information content (AvgIpc) is 2.67. The molecule has 1 aromatic carbocycles. The Kier molecular flexibility index (Phi) is 5.34. The van der Waals surface area contributed by atoms with Gasteiger partial charge >= 0.3 is 6.03 Å². The maximum atomic E-state index is 13.3. The molecule has 0 bridgehead atoms. The fourth-order valence-electron chi connectivity index (χ4n) is 3.92. The number of piperidine rings is 1. The average molecular weight is 368 g/mol. The number of halogens is 1. The molecule has 1 aromatic heterocycles. The Morgan fingerprint density at radius 2 is 1.63 bits per heavy atom. The molecule has 2 amide bonds. The molecular formula is C21H25FN4O. The van der Waals surface area contributed by atoms with Gasteiger partial charge in [-0.05, 0) is 61.3 Å². The van der Waals surface area contributed by atoms with E-state index in [1.54, 1.807) is 24.5 Å². The van der Waals surface area contributed by atoms with Crippen molar-refractivity contribution in [3.05, 3.63) is 65.7 Å². The maximum Gasteiger partial charge on any atom is 0.318 e. The second kappa shape index (κ2) is 8.05. The quantitative estimate of drug-likeness (QED) is 0.902. The third-order valence-electron chi connectivity index (χ3n) is 5.57. The number of aromatic nitrogens is 1. The lowest BCUT2D eigenvalue weighted by molar-refractivity contribution is 0.0445. The predicted octanol–water partition coefficient (Wildman–Crippen LogP) is 3.19. The Balaban J connectivity index is 1.42. The van der Waals surface area contributed by atoms with Gasteiger partial charge in [-0.25, -0.2) is 9.18 Å². The van der Waals surface area contributed by atoms with Crippen LogP contribution >= 0.6 is 0 Å². The second-order valence-electron chi connectivity index (χ2n) is 7.37. The van der Waals surface area contributed by atoms with Gasteiger partial charge in [0.1, 0.15) is 5.82 Å². The van der Waals surface area contributed by atoms with Crippen LogP contribution in [-0.4, -0.2) is 53.0 Å². The summed E-state index contributed by atoms with van der Waals surface area (Å²) in [7, 11) is 0. The van der Waals surface area contributed by atoms with Crippen molar-refractivity contribution in [2.75, 3.05) is 26.2 Å². The lowest BCUT2D eigenvalue weighted by Crippen LogP contribution is -2.63. The topological polar surface area (TPSA) is 48.5 Å². The number of nitrogens with zero attached hydrogens (tertiary/aromatic N) is 3. The molecule has 2 aliphatic rings. The van der Waals surface area contributed by atoms with Crippen molar-refractivity contribution in [2.24, 2.45) is 0 Å². The van der Waals surface area contributed by atoms with E-state index in [0.29, 0.717) is 6.04 Å². The van der Waals surface area contributed by atoms with Crippen LogP contribution in [0.5, 0.6) is 0 Å². The number of hydrogen-bond acceptors (Lipinski definition) is 3. The third kappa shape index (κ3) is 4.11. The molecule has 0 unspecified atom stereocenters. The van der Waals surface area contributed by atoms with Crippen LogP contribution in [0.3, 0.4) is 0 Å². The van der Waals surface area contributed by atoms with Crippen LogP contribution in [-0.2, 0) is 0 Å². The first-order chi connectivity index (χ1) is 13.2. The molecule has 2 aliphatic heterocycles. The molecule has 2 saturated heterocycles. The van der Waals surface area contributed by atoms with Gasteiger partial charge in [0.2, 0.25) is 0 Å². The Bertz CT molecular complexity index is 756. The minimum Gasteiger partial charge on any atom is -0.327 e. The molecule has 2 aromatic rings.